The molecule has 0 bridgehead atoms. The summed E-state index contributed by atoms with van der Waals surface area (Å²) in [5.74, 6) is -0.427. The highest BCUT2D eigenvalue weighted by Gasteiger charge is 2.46. The highest BCUT2D eigenvalue weighted by molar-refractivity contribution is 5.94. The van der Waals surface area contributed by atoms with Crippen LogP contribution in [0.15, 0.2) is 47.6 Å². The third kappa shape index (κ3) is 4.62. The molecule has 1 aliphatic heterocycles. The van der Waals surface area contributed by atoms with Crippen LogP contribution in [-0.2, 0) is 20.8 Å². The number of fused-ring (bicyclic) bond motifs is 1. The first-order chi connectivity index (χ1) is 15.6. The van der Waals surface area contributed by atoms with Gasteiger partial charge in [-0.3, -0.25) is 9.69 Å². The Kier molecular flexibility index (Phi) is 7.34. The largest absolute Gasteiger partial charge is 0.512 e. The summed E-state index contributed by atoms with van der Waals surface area (Å²) < 4.78 is 11.0. The van der Waals surface area contributed by atoms with E-state index in [9.17, 15) is 9.90 Å². The van der Waals surface area contributed by atoms with Gasteiger partial charge in [0, 0.05) is 37.5 Å². The summed E-state index contributed by atoms with van der Waals surface area (Å²) in [6, 6.07) is 6.50. The van der Waals surface area contributed by atoms with E-state index in [2.05, 4.69) is 34.6 Å². The zero-order valence-corrected chi connectivity index (χ0v) is 19.1. The van der Waals surface area contributed by atoms with Crippen molar-refractivity contribution >= 4 is 11.5 Å². The van der Waals surface area contributed by atoms with Gasteiger partial charge >= 0.3 is 5.97 Å². The Hall–Kier alpha value is -2.55. The van der Waals surface area contributed by atoms with E-state index in [1.165, 1.54) is 5.56 Å². The molecule has 170 valence electrons. The third-order valence-electron chi connectivity index (χ3n) is 6.62. The number of carbonyl (C=O) groups is 1. The quantitative estimate of drug-likeness (QED) is 0.380. The number of hydrogen-bond donors (Lipinski definition) is 1. The van der Waals surface area contributed by atoms with E-state index in [1.54, 1.807) is 0 Å². The van der Waals surface area contributed by atoms with Crippen LogP contribution in [0.3, 0.4) is 0 Å². The number of rotatable bonds is 7. The molecule has 4 rings (SSSR count). The van der Waals surface area contributed by atoms with Crippen LogP contribution >= 0.6 is 0 Å². The van der Waals surface area contributed by atoms with Crippen LogP contribution < -0.4 is 0 Å². The van der Waals surface area contributed by atoms with Crippen molar-refractivity contribution in [3.05, 3.63) is 64.3 Å². The highest BCUT2D eigenvalue weighted by atomic mass is 16.5. The second-order valence-corrected chi connectivity index (χ2v) is 8.74. The molecule has 1 N–H and O–H groups in total. The smallest absolute Gasteiger partial charge is 0.314 e. The van der Waals surface area contributed by atoms with E-state index in [0.29, 0.717) is 18.8 Å². The molecule has 0 radical (unpaired) electrons. The summed E-state index contributed by atoms with van der Waals surface area (Å²) in [5, 5.41) is 11.1. The molecule has 1 aromatic rings. The summed E-state index contributed by atoms with van der Waals surface area (Å²) in [6.45, 7) is 8.38. The number of nitrogens with zero attached hydrogens (tertiary/aromatic N) is 1. The Morgan fingerprint density at radius 3 is 2.75 bits per heavy atom. The molecule has 1 fully saturated rings. The minimum Gasteiger partial charge on any atom is -0.512 e. The van der Waals surface area contributed by atoms with Crippen molar-refractivity contribution in [1.29, 1.82) is 0 Å². The lowest BCUT2D eigenvalue weighted by Gasteiger charge is -2.27. The van der Waals surface area contributed by atoms with E-state index in [-0.39, 0.29) is 17.8 Å². The fourth-order valence-electron chi connectivity index (χ4n) is 5.18. The number of carbonyl (C=O) groups excluding carboxylic acids is 1. The maximum absolute atomic E-state index is 13.2. The standard InChI is InChI=1S/C27H33NO4/c1-3-8-23(29)25-22-17-19(18-28-13-15-31-16-14-28)11-12-21(22)24(20-9-6-5-7-10-20)26(25)27(30)32-4-2/h6,10-12,17,20,24,26,29H,3-4,8-9,13-16,18H2,1-2H3/b25-23+. The van der Waals surface area contributed by atoms with Crippen LogP contribution in [0.4, 0.5) is 0 Å². The molecule has 5 nitrogen and oxygen atoms in total. The van der Waals surface area contributed by atoms with Crippen molar-refractivity contribution in [1.82, 2.24) is 4.90 Å². The number of esters is 1. The molecular formula is C27H33NO4. The van der Waals surface area contributed by atoms with Crippen molar-refractivity contribution in [3.63, 3.8) is 0 Å². The van der Waals surface area contributed by atoms with Gasteiger partial charge in [0.15, 0.2) is 0 Å². The van der Waals surface area contributed by atoms with Crippen LogP contribution in [0.1, 0.15) is 55.7 Å². The summed E-state index contributed by atoms with van der Waals surface area (Å²) in [4.78, 5) is 15.6. The lowest BCUT2D eigenvalue weighted by molar-refractivity contribution is -0.146. The van der Waals surface area contributed by atoms with Gasteiger partial charge in [-0.2, -0.15) is 0 Å². The van der Waals surface area contributed by atoms with Crippen molar-refractivity contribution in [2.75, 3.05) is 32.9 Å². The Morgan fingerprint density at radius 2 is 2.06 bits per heavy atom. The topological polar surface area (TPSA) is 59.0 Å². The minimum absolute atomic E-state index is 0.0821. The van der Waals surface area contributed by atoms with Crippen molar-refractivity contribution in [2.45, 2.75) is 45.6 Å². The van der Waals surface area contributed by atoms with Crippen molar-refractivity contribution in [3.8, 4) is 0 Å². The zero-order valence-electron chi connectivity index (χ0n) is 19.1. The van der Waals surface area contributed by atoms with E-state index >= 15 is 0 Å². The monoisotopic (exact) mass is 435 g/mol. The van der Waals surface area contributed by atoms with Crippen LogP contribution in [-0.4, -0.2) is 48.9 Å². The molecule has 1 aromatic carbocycles. The van der Waals surface area contributed by atoms with Crippen molar-refractivity contribution < 1.29 is 19.4 Å². The molecule has 3 atom stereocenters. The maximum Gasteiger partial charge on any atom is 0.314 e. The molecular weight excluding hydrogens is 402 g/mol. The van der Waals surface area contributed by atoms with Gasteiger partial charge in [0.1, 0.15) is 0 Å². The lowest BCUT2D eigenvalue weighted by Crippen LogP contribution is -2.35. The SMILES string of the molecule is CCC/C(O)=C1/c2cc(CN3CCOCC3)ccc2C(C2C=C=C=CC2)C1C(=O)OCC. The molecule has 3 unspecified atom stereocenters. The predicted octanol–water partition coefficient (Wildman–Crippen LogP) is 4.75. The normalized spacial score (nSPS) is 26.2. The highest BCUT2D eigenvalue weighted by Crippen LogP contribution is 2.53. The van der Waals surface area contributed by atoms with Gasteiger partial charge in [-0.1, -0.05) is 30.5 Å². The molecule has 32 heavy (non-hydrogen) atoms. The molecule has 1 heterocycles. The van der Waals surface area contributed by atoms with Crippen molar-refractivity contribution in [2.24, 2.45) is 11.8 Å². The average molecular weight is 436 g/mol. The summed E-state index contributed by atoms with van der Waals surface area (Å²) >= 11 is 0. The van der Waals surface area contributed by atoms with Gasteiger partial charge in [-0.25, -0.2) is 0 Å². The average Bonchev–Trinajstić information content (AvgIpc) is 3.15. The van der Waals surface area contributed by atoms with Crippen LogP contribution in [0.5, 0.6) is 0 Å². The lowest BCUT2D eigenvalue weighted by atomic mass is 9.77. The van der Waals surface area contributed by atoms with E-state index in [1.807, 2.05) is 26.0 Å². The summed E-state index contributed by atoms with van der Waals surface area (Å²) in [5.41, 5.74) is 10.2. The Bertz CT molecular complexity index is 975. The van der Waals surface area contributed by atoms with Gasteiger partial charge in [0.2, 0.25) is 0 Å². The van der Waals surface area contributed by atoms with Gasteiger partial charge in [-0.05, 0) is 60.6 Å². The van der Waals surface area contributed by atoms with E-state index < -0.39 is 5.92 Å². The third-order valence-corrected chi connectivity index (χ3v) is 6.62. The number of allylic oxidation sites excluding steroid dienone is 3. The number of morpholine rings is 1. The van der Waals surface area contributed by atoms with Crippen LogP contribution in [0.2, 0.25) is 0 Å². The van der Waals surface area contributed by atoms with Gasteiger partial charge in [-0.15, -0.1) is 0 Å². The minimum atomic E-state index is -0.510. The van der Waals surface area contributed by atoms with Crippen LogP contribution in [0, 0.1) is 11.8 Å². The second kappa shape index (κ2) is 10.4. The molecule has 0 amide bonds. The number of aliphatic hydroxyl groups is 1. The van der Waals surface area contributed by atoms with E-state index in [4.69, 9.17) is 9.47 Å². The molecule has 0 spiro atoms. The van der Waals surface area contributed by atoms with E-state index in [0.717, 1.165) is 62.4 Å². The first kappa shape index (κ1) is 22.6. The Balaban J connectivity index is 1.78. The molecule has 0 aromatic heterocycles. The number of benzene rings is 1. The van der Waals surface area contributed by atoms with Gasteiger partial charge < -0.3 is 14.6 Å². The number of hydrogen-bond acceptors (Lipinski definition) is 5. The molecule has 5 heteroatoms. The molecule has 3 aliphatic rings. The molecule has 2 aliphatic carbocycles. The second-order valence-electron chi connectivity index (χ2n) is 8.74. The summed E-state index contributed by atoms with van der Waals surface area (Å²) in [7, 11) is 0. The molecule has 0 saturated carbocycles. The molecule has 1 saturated heterocycles. The first-order valence-corrected chi connectivity index (χ1v) is 11.8. The number of ether oxygens (including phenoxy) is 2. The summed E-state index contributed by atoms with van der Waals surface area (Å²) in [6.07, 6.45) is 6.15. The van der Waals surface area contributed by atoms with Gasteiger partial charge in [0.05, 0.1) is 31.5 Å². The fraction of sp³-hybridized carbons (Fsp3) is 0.519. The predicted molar refractivity (Wildman–Crippen MR) is 124 cm³/mol. The first-order valence-electron chi connectivity index (χ1n) is 11.8. The Labute approximate surface area is 190 Å². The van der Waals surface area contributed by atoms with Gasteiger partial charge in [0.25, 0.3) is 0 Å². The van der Waals surface area contributed by atoms with Crippen LogP contribution in [0.25, 0.3) is 5.57 Å². The fourth-order valence-corrected chi connectivity index (χ4v) is 5.18. The Morgan fingerprint density at radius 1 is 1.25 bits per heavy atom. The maximum atomic E-state index is 13.2. The number of aliphatic hydroxyl groups excluding tert-OH is 1. The zero-order chi connectivity index (χ0) is 22.5.